The second kappa shape index (κ2) is 8.55. The van der Waals surface area contributed by atoms with Crippen LogP contribution in [0.5, 0.6) is 0 Å². The van der Waals surface area contributed by atoms with Crippen LogP contribution in [0.2, 0.25) is 0 Å². The molecule has 1 amide bonds. The van der Waals surface area contributed by atoms with Gasteiger partial charge in [-0.15, -0.1) is 0 Å². The van der Waals surface area contributed by atoms with E-state index >= 15 is 0 Å². The number of nitrogens with one attached hydrogen (secondary N) is 2. The summed E-state index contributed by atoms with van der Waals surface area (Å²) in [6.45, 7) is -0.0754. The molecule has 2 fully saturated rings. The lowest BCUT2D eigenvalue weighted by Crippen LogP contribution is -2.51. The number of amides is 1. The van der Waals surface area contributed by atoms with Gasteiger partial charge in [-0.3, -0.25) is 9.78 Å². The van der Waals surface area contributed by atoms with E-state index in [4.69, 9.17) is 4.98 Å². The van der Waals surface area contributed by atoms with E-state index in [2.05, 4.69) is 20.6 Å². The highest BCUT2D eigenvalue weighted by Crippen LogP contribution is 2.38. The number of rotatable bonds is 6. The number of piperidine rings is 1. The molecular weight excluding hydrogens is 438 g/mol. The molecule has 11 heteroatoms. The molecule has 5 heterocycles. The molecule has 3 aromatic rings. The van der Waals surface area contributed by atoms with Gasteiger partial charge in [0.2, 0.25) is 0 Å². The van der Waals surface area contributed by atoms with Crippen molar-refractivity contribution in [1.82, 2.24) is 19.9 Å². The summed E-state index contributed by atoms with van der Waals surface area (Å²) in [6, 6.07) is 5.26. The number of aromatic nitrogens is 3. The van der Waals surface area contributed by atoms with Crippen LogP contribution < -0.4 is 10.6 Å². The molecule has 3 N–H and O–H groups in total. The van der Waals surface area contributed by atoms with Crippen LogP contribution >= 0.6 is 11.3 Å². The Morgan fingerprint density at radius 1 is 1.28 bits per heavy atom. The molecule has 2 saturated heterocycles. The summed E-state index contributed by atoms with van der Waals surface area (Å²) in [5.41, 5.74) is 0.750. The fourth-order valence-electron chi connectivity index (χ4n) is 4.76. The number of halogens is 2. The van der Waals surface area contributed by atoms with Crippen molar-refractivity contribution in [3.63, 3.8) is 0 Å². The summed E-state index contributed by atoms with van der Waals surface area (Å²) in [5, 5.41) is 17.4. The molecule has 2 aliphatic heterocycles. The zero-order valence-electron chi connectivity index (χ0n) is 17.0. The van der Waals surface area contributed by atoms with Crippen LogP contribution in [0.1, 0.15) is 30.6 Å². The van der Waals surface area contributed by atoms with Crippen LogP contribution in [-0.4, -0.2) is 55.4 Å². The highest BCUT2D eigenvalue weighted by Gasteiger charge is 2.45. The summed E-state index contributed by atoms with van der Waals surface area (Å²) >= 11 is 1.34. The normalized spacial score (nSPS) is 22.5. The summed E-state index contributed by atoms with van der Waals surface area (Å²) < 4.78 is 26.0. The lowest BCUT2D eigenvalue weighted by Gasteiger charge is -2.39. The third-order valence-electron chi connectivity index (χ3n) is 6.06. The third kappa shape index (κ3) is 3.97. The van der Waals surface area contributed by atoms with Crippen molar-refractivity contribution in [2.45, 2.75) is 56.8 Å². The minimum atomic E-state index is -2.96. The van der Waals surface area contributed by atoms with Crippen molar-refractivity contribution in [2.24, 2.45) is 0 Å². The lowest BCUT2D eigenvalue weighted by atomic mass is 9.97. The topological polar surface area (TPSA) is 103 Å². The maximum Gasteiger partial charge on any atom is 0.315 e. The molecule has 3 aromatic heterocycles. The minimum absolute atomic E-state index is 0.0150. The van der Waals surface area contributed by atoms with Crippen LogP contribution in [-0.2, 0) is 11.4 Å². The molecule has 32 heavy (non-hydrogen) atoms. The Bertz CT molecular complexity index is 1130. The van der Waals surface area contributed by atoms with Gasteiger partial charge in [-0.25, -0.2) is 9.97 Å². The van der Waals surface area contributed by atoms with Crippen molar-refractivity contribution in [3.05, 3.63) is 35.5 Å². The lowest BCUT2D eigenvalue weighted by molar-refractivity contribution is -0.147. The number of carbonyl (C=O) groups excluding carboxylic acids is 1. The van der Waals surface area contributed by atoms with Crippen molar-refractivity contribution in [3.8, 4) is 0 Å². The Balaban J connectivity index is 1.39. The van der Waals surface area contributed by atoms with Crippen molar-refractivity contribution in [1.29, 1.82) is 0 Å². The molecule has 3 atom stereocenters. The Hall–Kier alpha value is -2.92. The second-order valence-corrected chi connectivity index (χ2v) is 9.20. The van der Waals surface area contributed by atoms with Crippen molar-refractivity contribution < 1.29 is 18.7 Å². The van der Waals surface area contributed by atoms with E-state index in [0.29, 0.717) is 29.6 Å². The highest BCUT2D eigenvalue weighted by molar-refractivity contribution is 7.15. The number of carbonyl (C=O) groups is 1. The monoisotopic (exact) mass is 460 g/mol. The standard InChI is InChI=1S/C21H22F2N6O2S/c22-18(23)20(31)29-12-3-4-13(29)7-11(6-12)26-19-15-2-1-5-24-16(15)8-17(27-19)28-21-25-9-14(10-30)32-21/h1-2,5,8-9,11-13,18,30H,3-4,6-7,10H2,(H2,25,26,27,28)/t11-,12-,13+. The zero-order chi connectivity index (χ0) is 22.2. The van der Waals surface area contributed by atoms with Gasteiger partial charge in [0.25, 0.3) is 5.91 Å². The van der Waals surface area contributed by atoms with E-state index in [0.717, 1.165) is 28.6 Å². The number of aliphatic hydroxyl groups excluding tert-OH is 1. The fraction of sp³-hybridized carbons (Fsp3) is 0.429. The van der Waals surface area contributed by atoms with Crippen LogP contribution in [0.15, 0.2) is 30.6 Å². The molecule has 0 radical (unpaired) electrons. The smallest absolute Gasteiger partial charge is 0.315 e. The van der Waals surface area contributed by atoms with Gasteiger partial charge < -0.3 is 20.6 Å². The number of alkyl halides is 2. The molecule has 8 nitrogen and oxygen atoms in total. The number of aliphatic hydroxyl groups is 1. The fourth-order valence-corrected chi connectivity index (χ4v) is 5.44. The third-order valence-corrected chi connectivity index (χ3v) is 6.96. The molecule has 0 saturated carbocycles. The number of nitrogens with zero attached hydrogens (tertiary/aromatic N) is 4. The Morgan fingerprint density at radius 3 is 2.75 bits per heavy atom. The van der Waals surface area contributed by atoms with Gasteiger partial charge in [0.1, 0.15) is 11.6 Å². The van der Waals surface area contributed by atoms with Gasteiger partial charge in [0.15, 0.2) is 5.13 Å². The minimum Gasteiger partial charge on any atom is -0.391 e. The van der Waals surface area contributed by atoms with Crippen LogP contribution in [0.3, 0.4) is 0 Å². The van der Waals surface area contributed by atoms with Crippen LogP contribution in [0.25, 0.3) is 10.9 Å². The number of thiazole rings is 1. The molecule has 0 aliphatic carbocycles. The van der Waals surface area contributed by atoms with E-state index in [1.807, 2.05) is 18.2 Å². The first kappa shape index (κ1) is 21.0. The molecule has 0 spiro atoms. The van der Waals surface area contributed by atoms with Crippen molar-refractivity contribution in [2.75, 3.05) is 10.6 Å². The first-order valence-corrected chi connectivity index (χ1v) is 11.3. The van der Waals surface area contributed by atoms with E-state index in [-0.39, 0.29) is 24.7 Å². The largest absolute Gasteiger partial charge is 0.391 e. The number of pyridine rings is 2. The SMILES string of the molecule is O=C(C(F)F)N1[C@@H]2CC[C@H]1C[C@H](Nc1nc(Nc3ncc(CO)s3)cc3ncccc13)C2. The van der Waals surface area contributed by atoms with Gasteiger partial charge in [-0.2, -0.15) is 8.78 Å². The number of hydrogen-bond acceptors (Lipinski definition) is 8. The van der Waals surface area contributed by atoms with Gasteiger partial charge >= 0.3 is 6.43 Å². The molecule has 0 aromatic carbocycles. The van der Waals surface area contributed by atoms with Gasteiger partial charge in [0, 0.05) is 42.0 Å². The predicted octanol–water partition coefficient (Wildman–Crippen LogP) is 3.52. The molecular formula is C21H22F2N6O2S. The summed E-state index contributed by atoms with van der Waals surface area (Å²) in [5.74, 6) is 0.154. The second-order valence-electron chi connectivity index (χ2n) is 8.08. The summed E-state index contributed by atoms with van der Waals surface area (Å²) in [6.07, 6.45) is 3.04. The Morgan fingerprint density at radius 2 is 2.06 bits per heavy atom. The molecule has 2 aliphatic rings. The van der Waals surface area contributed by atoms with E-state index < -0.39 is 12.3 Å². The number of fused-ring (bicyclic) bond motifs is 3. The van der Waals surface area contributed by atoms with Crippen molar-refractivity contribution >= 4 is 44.9 Å². The average molecular weight is 461 g/mol. The zero-order valence-corrected chi connectivity index (χ0v) is 17.9. The summed E-state index contributed by atoms with van der Waals surface area (Å²) in [4.78, 5) is 27.5. The van der Waals surface area contributed by atoms with Gasteiger partial charge in [0.05, 0.1) is 17.0 Å². The predicted molar refractivity (Wildman–Crippen MR) is 117 cm³/mol. The van der Waals surface area contributed by atoms with Crippen LogP contribution in [0, 0.1) is 0 Å². The average Bonchev–Trinajstić information content (AvgIpc) is 3.34. The van der Waals surface area contributed by atoms with Gasteiger partial charge in [-0.05, 0) is 37.8 Å². The highest BCUT2D eigenvalue weighted by atomic mass is 32.1. The maximum atomic E-state index is 13.0. The number of anilines is 3. The molecule has 0 unspecified atom stereocenters. The molecule has 2 bridgehead atoms. The maximum absolute atomic E-state index is 13.0. The summed E-state index contributed by atoms with van der Waals surface area (Å²) in [7, 11) is 0. The molecule has 168 valence electrons. The van der Waals surface area contributed by atoms with Crippen LogP contribution in [0.4, 0.5) is 25.5 Å². The van der Waals surface area contributed by atoms with Gasteiger partial charge in [-0.1, -0.05) is 11.3 Å². The first-order chi connectivity index (χ1) is 15.5. The Labute approximate surface area is 186 Å². The molecule has 5 rings (SSSR count). The van der Waals surface area contributed by atoms with E-state index in [1.165, 1.54) is 16.2 Å². The quantitative estimate of drug-likeness (QED) is 0.517. The Kier molecular flexibility index (Phi) is 5.60. The van der Waals surface area contributed by atoms with E-state index in [9.17, 15) is 18.7 Å². The number of hydrogen-bond donors (Lipinski definition) is 3. The van der Waals surface area contributed by atoms with E-state index in [1.54, 1.807) is 12.4 Å². The first-order valence-electron chi connectivity index (χ1n) is 10.5.